The van der Waals surface area contributed by atoms with E-state index in [9.17, 15) is 31.5 Å². The number of urea groups is 1. The van der Waals surface area contributed by atoms with Crippen LogP contribution in [0.25, 0.3) is 5.65 Å². The molecule has 2 aliphatic rings. The Morgan fingerprint density at radius 1 is 1.14 bits per heavy atom. The van der Waals surface area contributed by atoms with Crippen LogP contribution >= 0.6 is 0 Å². The Morgan fingerprint density at radius 3 is 2.57 bits per heavy atom. The number of hydrogen-bond donors (Lipinski definition) is 2. The van der Waals surface area contributed by atoms with Gasteiger partial charge >= 0.3 is 24.1 Å². The monoisotopic (exact) mass is 498 g/mol. The molecule has 184 valence electrons. The van der Waals surface area contributed by atoms with Gasteiger partial charge in [-0.25, -0.2) is 33.0 Å². The SMILES string of the molecule is O=C1NCC(c2cc(N3C[C@H](Oc4ncc(C(F)(F)F)cn4)C(F)(F)C3)c3nccn3n2)C(=O)N1. The van der Waals surface area contributed by atoms with E-state index in [0.29, 0.717) is 12.4 Å². The van der Waals surface area contributed by atoms with Crippen LogP contribution in [0.3, 0.4) is 0 Å². The molecule has 2 fully saturated rings. The van der Waals surface area contributed by atoms with Crippen LogP contribution < -0.4 is 20.3 Å². The van der Waals surface area contributed by atoms with Gasteiger partial charge in [0.15, 0.2) is 11.8 Å². The number of fused-ring (bicyclic) bond motifs is 1. The lowest BCUT2D eigenvalue weighted by Crippen LogP contribution is -2.51. The lowest BCUT2D eigenvalue weighted by atomic mass is 10.0. The average molecular weight is 498 g/mol. The summed E-state index contributed by atoms with van der Waals surface area (Å²) in [5.74, 6) is -4.89. The fraction of sp³-hybridized carbons (Fsp3) is 0.368. The van der Waals surface area contributed by atoms with Gasteiger partial charge < -0.3 is 15.0 Å². The van der Waals surface area contributed by atoms with Gasteiger partial charge in [0.1, 0.15) is 0 Å². The summed E-state index contributed by atoms with van der Waals surface area (Å²) in [5, 5.41) is 8.91. The number of hydrogen-bond acceptors (Lipinski definition) is 8. The van der Waals surface area contributed by atoms with Gasteiger partial charge in [-0.05, 0) is 6.07 Å². The van der Waals surface area contributed by atoms with Crippen molar-refractivity contribution in [3.63, 3.8) is 0 Å². The molecule has 0 bridgehead atoms. The topological polar surface area (TPSA) is 127 Å². The van der Waals surface area contributed by atoms with Gasteiger partial charge in [0.25, 0.3) is 0 Å². The lowest BCUT2D eigenvalue weighted by molar-refractivity contribution is -0.138. The van der Waals surface area contributed by atoms with Crippen LogP contribution in [0.15, 0.2) is 30.9 Å². The number of carbonyl (C=O) groups is 2. The minimum absolute atomic E-state index is 0.0372. The number of aromatic nitrogens is 5. The number of amides is 3. The second-order valence-electron chi connectivity index (χ2n) is 7.90. The number of imide groups is 1. The van der Waals surface area contributed by atoms with E-state index in [4.69, 9.17) is 4.74 Å². The highest BCUT2D eigenvalue weighted by atomic mass is 19.4. The normalized spacial score (nSPS) is 22.3. The van der Waals surface area contributed by atoms with Crippen LogP contribution in [0.2, 0.25) is 0 Å². The van der Waals surface area contributed by atoms with E-state index in [1.54, 1.807) is 0 Å². The maximum atomic E-state index is 14.8. The molecule has 2 aliphatic heterocycles. The van der Waals surface area contributed by atoms with Gasteiger partial charge in [0.05, 0.1) is 36.0 Å². The smallest absolute Gasteiger partial charge is 0.419 e. The van der Waals surface area contributed by atoms with E-state index in [0.717, 1.165) is 0 Å². The van der Waals surface area contributed by atoms with Crippen molar-refractivity contribution in [3.8, 4) is 6.01 Å². The predicted octanol–water partition coefficient (Wildman–Crippen LogP) is 1.36. The van der Waals surface area contributed by atoms with E-state index in [2.05, 4.69) is 30.7 Å². The molecular formula is C19H15F5N8O3. The van der Waals surface area contributed by atoms with Crippen LogP contribution in [0.1, 0.15) is 17.2 Å². The Balaban J connectivity index is 1.42. The molecular weight excluding hydrogens is 483 g/mol. The zero-order valence-corrected chi connectivity index (χ0v) is 17.5. The molecule has 0 aliphatic carbocycles. The van der Waals surface area contributed by atoms with Gasteiger partial charge in [-0.1, -0.05) is 0 Å². The van der Waals surface area contributed by atoms with Crippen molar-refractivity contribution in [3.05, 3.63) is 42.1 Å². The number of nitrogens with zero attached hydrogens (tertiary/aromatic N) is 6. The van der Waals surface area contributed by atoms with Crippen molar-refractivity contribution in [1.82, 2.24) is 35.2 Å². The summed E-state index contributed by atoms with van der Waals surface area (Å²) in [6.07, 6.45) is -2.69. The van der Waals surface area contributed by atoms with Crippen molar-refractivity contribution < 1.29 is 36.3 Å². The molecule has 3 aromatic rings. The third-order valence-corrected chi connectivity index (χ3v) is 5.54. The number of rotatable bonds is 4. The van der Waals surface area contributed by atoms with E-state index in [1.165, 1.54) is 27.9 Å². The van der Waals surface area contributed by atoms with Gasteiger partial charge in [-0.15, -0.1) is 0 Å². The fourth-order valence-electron chi connectivity index (χ4n) is 3.80. The zero-order chi connectivity index (χ0) is 25.0. The number of nitrogens with one attached hydrogen (secondary N) is 2. The first-order chi connectivity index (χ1) is 16.5. The summed E-state index contributed by atoms with van der Waals surface area (Å²) < 4.78 is 74.2. The first-order valence-electron chi connectivity index (χ1n) is 10.1. The molecule has 2 N–H and O–H groups in total. The minimum Gasteiger partial charge on any atom is -0.452 e. The van der Waals surface area contributed by atoms with Crippen molar-refractivity contribution in [1.29, 1.82) is 0 Å². The average Bonchev–Trinajstić information content (AvgIpc) is 3.37. The van der Waals surface area contributed by atoms with Gasteiger partial charge in [0, 0.05) is 31.3 Å². The Kier molecular flexibility index (Phi) is 5.17. The molecule has 3 amide bonds. The second kappa shape index (κ2) is 7.99. The minimum atomic E-state index is -4.68. The number of alkyl halides is 5. The standard InChI is InChI=1S/C19H15F5N8O3/c20-18(21)8-31(7-13(18)35-17-27-4-9(5-28-17)19(22,23)24)12-3-11(30-32-2-1-25-14(12)32)10-6-26-16(34)29-15(10)33/h1-5,10,13H,6-8H2,(H2,26,29,33,34)/t10?,13-/m0/s1. The highest BCUT2D eigenvalue weighted by Gasteiger charge is 2.51. The Labute approximate surface area is 192 Å². The van der Waals surface area contributed by atoms with Crippen LogP contribution in [0.5, 0.6) is 6.01 Å². The molecule has 2 saturated heterocycles. The summed E-state index contributed by atoms with van der Waals surface area (Å²) in [4.78, 5) is 35.8. The Hall–Kier alpha value is -4.11. The molecule has 3 aromatic heterocycles. The molecule has 0 spiro atoms. The third-order valence-electron chi connectivity index (χ3n) is 5.54. The molecule has 11 nitrogen and oxygen atoms in total. The van der Waals surface area contributed by atoms with Crippen molar-refractivity contribution >= 4 is 23.3 Å². The fourth-order valence-corrected chi connectivity index (χ4v) is 3.80. The summed E-state index contributed by atoms with van der Waals surface area (Å²) in [5.41, 5.74) is -0.472. The van der Waals surface area contributed by atoms with E-state index in [-0.39, 0.29) is 30.1 Å². The molecule has 5 heterocycles. The molecule has 0 radical (unpaired) electrons. The van der Waals surface area contributed by atoms with E-state index >= 15 is 0 Å². The second-order valence-corrected chi connectivity index (χ2v) is 7.90. The summed E-state index contributed by atoms with van der Waals surface area (Å²) in [6, 6.07) is 0.150. The molecule has 0 aromatic carbocycles. The third kappa shape index (κ3) is 4.26. The number of carbonyl (C=O) groups excluding carboxylic acids is 2. The highest BCUT2D eigenvalue weighted by molar-refractivity contribution is 6.00. The number of halogens is 5. The largest absolute Gasteiger partial charge is 0.452 e. The van der Waals surface area contributed by atoms with Crippen molar-refractivity contribution in [2.75, 3.05) is 24.5 Å². The summed E-state index contributed by atoms with van der Waals surface area (Å²) >= 11 is 0. The van der Waals surface area contributed by atoms with Crippen LogP contribution in [-0.2, 0) is 11.0 Å². The quantitative estimate of drug-likeness (QED) is 0.517. The van der Waals surface area contributed by atoms with Gasteiger partial charge in [-0.3, -0.25) is 10.1 Å². The number of imidazole rings is 1. The van der Waals surface area contributed by atoms with Gasteiger partial charge in [-0.2, -0.15) is 18.3 Å². The zero-order valence-electron chi connectivity index (χ0n) is 17.5. The van der Waals surface area contributed by atoms with Crippen LogP contribution in [0, 0.1) is 0 Å². The lowest BCUT2D eigenvalue weighted by Gasteiger charge is -2.24. The Morgan fingerprint density at radius 2 is 1.89 bits per heavy atom. The first kappa shape index (κ1) is 22.7. The molecule has 5 rings (SSSR count). The van der Waals surface area contributed by atoms with Crippen molar-refractivity contribution in [2.45, 2.75) is 24.1 Å². The molecule has 0 saturated carbocycles. The molecule has 35 heavy (non-hydrogen) atoms. The van der Waals surface area contributed by atoms with E-state index in [1.807, 2.05) is 0 Å². The van der Waals surface area contributed by atoms with Crippen LogP contribution in [-0.4, -0.2) is 68.2 Å². The maximum absolute atomic E-state index is 14.8. The number of anilines is 1. The maximum Gasteiger partial charge on any atom is 0.419 e. The van der Waals surface area contributed by atoms with Crippen LogP contribution in [0.4, 0.5) is 32.4 Å². The predicted molar refractivity (Wildman–Crippen MR) is 106 cm³/mol. The number of ether oxygens (including phenoxy) is 1. The first-order valence-corrected chi connectivity index (χ1v) is 10.1. The Bertz CT molecular complexity index is 1300. The highest BCUT2D eigenvalue weighted by Crippen LogP contribution is 2.36. The summed E-state index contributed by atoms with van der Waals surface area (Å²) in [6.45, 7) is -1.22. The molecule has 1 unspecified atom stereocenters. The van der Waals surface area contributed by atoms with Crippen molar-refractivity contribution in [2.24, 2.45) is 0 Å². The van der Waals surface area contributed by atoms with Gasteiger partial charge in [0.2, 0.25) is 5.91 Å². The molecule has 16 heteroatoms. The summed E-state index contributed by atoms with van der Waals surface area (Å²) in [7, 11) is 0. The molecule has 2 atom stereocenters. The van der Waals surface area contributed by atoms with E-state index < -0.39 is 54.2 Å².